The second kappa shape index (κ2) is 11.0. The fourth-order valence-electron chi connectivity index (χ4n) is 4.67. The van der Waals surface area contributed by atoms with Gasteiger partial charge in [-0.1, -0.05) is 54.6 Å². The molecule has 1 aromatic rings. The lowest BCUT2D eigenvalue weighted by Gasteiger charge is -2.19. The Morgan fingerprint density at radius 3 is 2.63 bits per heavy atom. The molecule has 1 aliphatic carbocycles. The zero-order valence-corrected chi connectivity index (χ0v) is 17.9. The van der Waals surface area contributed by atoms with Crippen molar-refractivity contribution in [3.05, 3.63) is 60.2 Å². The van der Waals surface area contributed by atoms with Crippen LogP contribution in [0.25, 0.3) is 0 Å². The molecule has 1 saturated carbocycles. The first kappa shape index (κ1) is 22.9. The van der Waals surface area contributed by atoms with Crippen molar-refractivity contribution in [2.75, 3.05) is 6.54 Å². The Hall–Kier alpha value is -1.79. The van der Waals surface area contributed by atoms with E-state index in [9.17, 15) is 20.1 Å². The maximum Gasteiger partial charge on any atom is 0.371 e. The minimum absolute atomic E-state index is 0.0471. The van der Waals surface area contributed by atoms with Gasteiger partial charge in [-0.3, -0.25) is 4.90 Å². The average molecular weight is 415 g/mol. The van der Waals surface area contributed by atoms with Gasteiger partial charge in [-0.25, -0.2) is 4.79 Å². The molecule has 5 nitrogen and oxygen atoms in total. The molecule has 2 fully saturated rings. The SMILES string of the molecule is CC[NH+]1C(=O)C1CC/C=C\C[C@@H]1[C@@H](/C=C/[C@@H](O)CCc2ccccc2)[C@H](O)C[C@@H]1O. The van der Waals surface area contributed by atoms with E-state index >= 15 is 0 Å². The molecule has 7 atom stereocenters. The Labute approximate surface area is 179 Å². The maximum atomic E-state index is 11.5. The molecule has 30 heavy (non-hydrogen) atoms. The van der Waals surface area contributed by atoms with Gasteiger partial charge in [-0.15, -0.1) is 0 Å². The number of likely N-dealkylation sites (N-methyl/N-ethyl adjacent to an activating group) is 1. The molecule has 0 aromatic heterocycles. The van der Waals surface area contributed by atoms with E-state index in [1.165, 1.54) is 5.56 Å². The van der Waals surface area contributed by atoms with Gasteiger partial charge in [-0.05, 0) is 44.1 Å². The lowest BCUT2D eigenvalue weighted by molar-refractivity contribution is -0.732. The van der Waals surface area contributed by atoms with Crippen LogP contribution < -0.4 is 4.90 Å². The van der Waals surface area contributed by atoms with Crippen LogP contribution in [-0.2, 0) is 11.2 Å². The van der Waals surface area contributed by atoms with Gasteiger partial charge in [0.25, 0.3) is 0 Å². The van der Waals surface area contributed by atoms with Crippen LogP contribution in [0.4, 0.5) is 0 Å². The Kier molecular flexibility index (Phi) is 8.40. The van der Waals surface area contributed by atoms with E-state index in [4.69, 9.17) is 0 Å². The van der Waals surface area contributed by atoms with Gasteiger partial charge in [-0.2, -0.15) is 0 Å². The standard InChI is InChI=1S/C25H35NO4/c1-2-26-22(25(26)30)12-8-4-7-11-20-21(24(29)17-23(20)28)16-15-19(27)14-13-18-9-5-3-6-10-18/h3-7,9-10,15-16,19-24,27-29H,2,8,11-14,17H2,1H3/p+1/b7-4-,16-15+/t19-,20+,21+,22?,23-,24+,26?/m0/s1. The van der Waals surface area contributed by atoms with E-state index in [0.717, 1.165) is 30.7 Å². The first-order valence-electron chi connectivity index (χ1n) is 11.3. The Morgan fingerprint density at radius 2 is 1.93 bits per heavy atom. The van der Waals surface area contributed by atoms with Crippen molar-refractivity contribution in [3.63, 3.8) is 0 Å². The van der Waals surface area contributed by atoms with Crippen LogP contribution in [0, 0.1) is 11.8 Å². The van der Waals surface area contributed by atoms with E-state index in [1.807, 2.05) is 31.2 Å². The maximum absolute atomic E-state index is 11.5. The van der Waals surface area contributed by atoms with E-state index in [2.05, 4.69) is 24.3 Å². The highest BCUT2D eigenvalue weighted by atomic mass is 16.3. The summed E-state index contributed by atoms with van der Waals surface area (Å²) in [6, 6.07) is 10.2. The summed E-state index contributed by atoms with van der Waals surface area (Å²) in [5.41, 5.74) is 1.20. The minimum Gasteiger partial charge on any atom is -0.393 e. The van der Waals surface area contributed by atoms with Crippen LogP contribution in [0.15, 0.2) is 54.6 Å². The summed E-state index contributed by atoms with van der Waals surface area (Å²) >= 11 is 0. The topological polar surface area (TPSA) is 82.2 Å². The van der Waals surface area contributed by atoms with Crippen molar-refractivity contribution in [2.24, 2.45) is 11.8 Å². The number of aliphatic hydroxyl groups is 3. The molecule has 1 aromatic carbocycles. The first-order valence-corrected chi connectivity index (χ1v) is 11.3. The smallest absolute Gasteiger partial charge is 0.371 e. The monoisotopic (exact) mass is 414 g/mol. The van der Waals surface area contributed by atoms with Gasteiger partial charge in [0.05, 0.1) is 24.9 Å². The first-order chi connectivity index (χ1) is 14.5. The number of benzene rings is 1. The third-order valence-corrected chi connectivity index (χ3v) is 6.59. The molecule has 1 heterocycles. The van der Waals surface area contributed by atoms with Crippen LogP contribution in [0.1, 0.15) is 44.6 Å². The zero-order chi connectivity index (χ0) is 21.5. The van der Waals surface area contributed by atoms with Crippen molar-refractivity contribution >= 4 is 5.91 Å². The number of quaternary nitrogens is 1. The van der Waals surface area contributed by atoms with Crippen molar-refractivity contribution in [3.8, 4) is 0 Å². The largest absolute Gasteiger partial charge is 0.393 e. The molecule has 164 valence electrons. The quantitative estimate of drug-likeness (QED) is 0.326. The zero-order valence-electron chi connectivity index (χ0n) is 17.9. The number of aryl methyl sites for hydroxylation is 1. The molecule has 4 N–H and O–H groups in total. The van der Waals surface area contributed by atoms with Gasteiger partial charge in [0.2, 0.25) is 6.04 Å². The summed E-state index contributed by atoms with van der Waals surface area (Å²) < 4.78 is 0. The number of hydrogen-bond acceptors (Lipinski definition) is 4. The number of aliphatic hydroxyl groups excluding tert-OH is 3. The Balaban J connectivity index is 1.44. The highest BCUT2D eigenvalue weighted by molar-refractivity contribution is 5.82. The molecule has 1 amide bonds. The predicted molar refractivity (Wildman–Crippen MR) is 117 cm³/mol. The molecular formula is C25H36NO4+. The van der Waals surface area contributed by atoms with Gasteiger partial charge in [0.1, 0.15) is 0 Å². The number of hydrogen-bond donors (Lipinski definition) is 4. The summed E-state index contributed by atoms with van der Waals surface area (Å²) in [7, 11) is 0. The molecule has 5 heteroatoms. The van der Waals surface area contributed by atoms with Crippen LogP contribution >= 0.6 is 0 Å². The van der Waals surface area contributed by atoms with Gasteiger partial charge in [0, 0.05) is 18.8 Å². The molecule has 0 spiro atoms. The molecule has 3 rings (SSSR count). The lowest BCUT2D eigenvalue weighted by atomic mass is 9.89. The number of nitrogens with one attached hydrogen (secondary N) is 1. The summed E-state index contributed by atoms with van der Waals surface area (Å²) in [5, 5.41) is 31.0. The second-order valence-corrected chi connectivity index (χ2v) is 8.67. The van der Waals surface area contributed by atoms with Crippen LogP contribution in [0.3, 0.4) is 0 Å². The van der Waals surface area contributed by atoms with Crippen molar-refractivity contribution in [1.29, 1.82) is 0 Å². The number of allylic oxidation sites excluding steroid dienone is 2. The highest BCUT2D eigenvalue weighted by Gasteiger charge is 2.52. The van der Waals surface area contributed by atoms with Crippen molar-refractivity contribution < 1.29 is 25.0 Å². The molecule has 2 unspecified atom stereocenters. The van der Waals surface area contributed by atoms with Crippen molar-refractivity contribution in [2.45, 2.75) is 69.8 Å². The lowest BCUT2D eigenvalue weighted by Crippen LogP contribution is -2.95. The number of rotatable bonds is 11. The normalized spacial score (nSPS) is 32.3. The van der Waals surface area contributed by atoms with E-state index < -0.39 is 18.3 Å². The van der Waals surface area contributed by atoms with Gasteiger partial charge >= 0.3 is 5.91 Å². The molecule has 0 bridgehead atoms. The fraction of sp³-hybridized carbons (Fsp3) is 0.560. The Morgan fingerprint density at radius 1 is 1.17 bits per heavy atom. The molecule has 1 saturated heterocycles. The fourth-order valence-corrected chi connectivity index (χ4v) is 4.67. The molecule has 1 aliphatic heterocycles. The summed E-state index contributed by atoms with van der Waals surface area (Å²) in [4.78, 5) is 12.6. The third kappa shape index (κ3) is 6.11. The number of carbonyl (C=O) groups excluding carboxylic acids is 1. The third-order valence-electron chi connectivity index (χ3n) is 6.59. The van der Waals surface area contributed by atoms with E-state index in [1.54, 1.807) is 6.08 Å². The van der Waals surface area contributed by atoms with Gasteiger partial charge in [0.15, 0.2) is 0 Å². The van der Waals surface area contributed by atoms with Crippen LogP contribution in [0.2, 0.25) is 0 Å². The summed E-state index contributed by atoms with van der Waals surface area (Å²) in [5.74, 6) is 0.131. The van der Waals surface area contributed by atoms with Crippen LogP contribution in [0.5, 0.6) is 0 Å². The average Bonchev–Trinajstić information content (AvgIpc) is 3.29. The predicted octanol–water partition coefficient (Wildman–Crippen LogP) is 1.43. The highest BCUT2D eigenvalue weighted by Crippen LogP contribution is 2.36. The number of amides is 1. The second-order valence-electron chi connectivity index (χ2n) is 8.67. The summed E-state index contributed by atoms with van der Waals surface area (Å²) in [6.07, 6.45) is 10.4. The van der Waals surface area contributed by atoms with Crippen LogP contribution in [-0.4, -0.2) is 52.1 Å². The van der Waals surface area contributed by atoms with E-state index in [-0.39, 0.29) is 17.9 Å². The molecule has 2 aliphatic rings. The van der Waals surface area contributed by atoms with E-state index in [0.29, 0.717) is 25.2 Å². The Bertz CT molecular complexity index is 732. The summed E-state index contributed by atoms with van der Waals surface area (Å²) in [6.45, 7) is 2.90. The molecular weight excluding hydrogens is 378 g/mol. The molecule has 0 radical (unpaired) electrons. The van der Waals surface area contributed by atoms with Gasteiger partial charge < -0.3 is 15.3 Å². The minimum atomic E-state index is -0.582. The van der Waals surface area contributed by atoms with Crippen molar-refractivity contribution in [1.82, 2.24) is 0 Å². The number of carbonyl (C=O) groups is 1.